The highest BCUT2D eigenvalue weighted by Gasteiger charge is 2.27. The molecule has 0 saturated heterocycles. The van der Waals surface area contributed by atoms with Crippen molar-refractivity contribution in [3.8, 4) is 11.5 Å². The van der Waals surface area contributed by atoms with Gasteiger partial charge in [-0.15, -0.1) is 0 Å². The Hall–Kier alpha value is -2.50. The number of ether oxygens (including phenoxy) is 2. The van der Waals surface area contributed by atoms with Gasteiger partial charge in [-0.1, -0.05) is 6.07 Å². The maximum absolute atomic E-state index is 12.5. The molecule has 2 heterocycles. The molecule has 0 unspecified atom stereocenters. The van der Waals surface area contributed by atoms with Crippen molar-refractivity contribution in [1.29, 1.82) is 0 Å². The summed E-state index contributed by atoms with van der Waals surface area (Å²) in [5.41, 5.74) is 2.55. The number of rotatable bonds is 4. The Morgan fingerprint density at radius 3 is 2.83 bits per heavy atom. The SMILES string of the molecule is CN(Cc1ccc2c(c1)OCCO2)C(=O)c1cc(C2CC2)[nH]n1. The molecule has 2 aromatic rings. The summed E-state index contributed by atoms with van der Waals surface area (Å²) in [5, 5.41) is 7.12. The third-order valence-corrected chi connectivity index (χ3v) is 4.21. The Labute approximate surface area is 134 Å². The molecule has 1 aromatic heterocycles. The molecule has 4 rings (SSSR count). The molecule has 1 amide bonds. The van der Waals surface area contributed by atoms with Crippen LogP contribution in [0.5, 0.6) is 11.5 Å². The fourth-order valence-corrected chi connectivity index (χ4v) is 2.78. The van der Waals surface area contributed by atoms with Crippen molar-refractivity contribution in [3.63, 3.8) is 0 Å². The van der Waals surface area contributed by atoms with Gasteiger partial charge in [-0.05, 0) is 36.6 Å². The van der Waals surface area contributed by atoms with Gasteiger partial charge in [-0.2, -0.15) is 5.10 Å². The number of amides is 1. The summed E-state index contributed by atoms with van der Waals surface area (Å²) in [6.07, 6.45) is 2.37. The molecule has 0 atom stereocenters. The van der Waals surface area contributed by atoms with Gasteiger partial charge < -0.3 is 14.4 Å². The van der Waals surface area contributed by atoms with Gasteiger partial charge in [0.25, 0.3) is 5.91 Å². The van der Waals surface area contributed by atoms with Crippen molar-refractivity contribution in [3.05, 3.63) is 41.2 Å². The van der Waals surface area contributed by atoms with Gasteiger partial charge in [0.1, 0.15) is 18.9 Å². The Morgan fingerprint density at radius 1 is 1.26 bits per heavy atom. The van der Waals surface area contributed by atoms with E-state index in [1.54, 1.807) is 11.9 Å². The van der Waals surface area contributed by atoms with Crippen molar-refractivity contribution < 1.29 is 14.3 Å². The second-order valence-corrected chi connectivity index (χ2v) is 6.12. The van der Waals surface area contributed by atoms with Crippen LogP contribution in [0.3, 0.4) is 0 Å². The van der Waals surface area contributed by atoms with E-state index in [1.807, 2.05) is 24.3 Å². The number of H-pyrrole nitrogens is 1. The number of aromatic amines is 1. The zero-order chi connectivity index (χ0) is 15.8. The number of hydrogen-bond acceptors (Lipinski definition) is 4. The van der Waals surface area contributed by atoms with Crippen molar-refractivity contribution in [2.75, 3.05) is 20.3 Å². The molecule has 1 aliphatic heterocycles. The predicted molar refractivity (Wildman–Crippen MR) is 83.8 cm³/mol. The van der Waals surface area contributed by atoms with E-state index >= 15 is 0 Å². The molecule has 1 saturated carbocycles. The highest BCUT2D eigenvalue weighted by atomic mass is 16.6. The highest BCUT2D eigenvalue weighted by Crippen LogP contribution is 2.39. The average molecular weight is 313 g/mol. The topological polar surface area (TPSA) is 67.5 Å². The van der Waals surface area contributed by atoms with Crippen LogP contribution in [0.15, 0.2) is 24.3 Å². The number of carbonyl (C=O) groups is 1. The summed E-state index contributed by atoms with van der Waals surface area (Å²) in [6.45, 7) is 1.64. The standard InChI is InChI=1S/C17H19N3O3/c1-20(17(21)14-9-13(18-19-14)12-3-4-12)10-11-2-5-15-16(8-11)23-7-6-22-15/h2,5,8-9,12H,3-4,6-7,10H2,1H3,(H,18,19). The molecule has 1 N–H and O–H groups in total. The minimum absolute atomic E-state index is 0.0805. The van der Waals surface area contributed by atoms with E-state index in [0.29, 0.717) is 31.4 Å². The minimum Gasteiger partial charge on any atom is -0.486 e. The first-order valence-electron chi connectivity index (χ1n) is 7.90. The molecule has 1 fully saturated rings. The second-order valence-electron chi connectivity index (χ2n) is 6.12. The number of carbonyl (C=O) groups excluding carboxylic acids is 1. The zero-order valence-corrected chi connectivity index (χ0v) is 13.0. The van der Waals surface area contributed by atoms with Crippen molar-refractivity contribution >= 4 is 5.91 Å². The van der Waals surface area contributed by atoms with Gasteiger partial charge in [0, 0.05) is 25.2 Å². The van der Waals surface area contributed by atoms with Crippen LogP contribution in [0.2, 0.25) is 0 Å². The summed E-state index contributed by atoms with van der Waals surface area (Å²) in [5.74, 6) is 1.98. The lowest BCUT2D eigenvalue weighted by Gasteiger charge is -2.20. The fraction of sp³-hybridized carbons (Fsp3) is 0.412. The van der Waals surface area contributed by atoms with Crippen LogP contribution in [0.25, 0.3) is 0 Å². The molecule has 120 valence electrons. The smallest absolute Gasteiger partial charge is 0.274 e. The molecule has 0 spiro atoms. The monoisotopic (exact) mass is 313 g/mol. The molecule has 0 radical (unpaired) electrons. The molecule has 23 heavy (non-hydrogen) atoms. The normalized spacial score (nSPS) is 16.2. The van der Waals surface area contributed by atoms with Crippen molar-refractivity contribution in [1.82, 2.24) is 15.1 Å². The van der Waals surface area contributed by atoms with Gasteiger partial charge in [0.15, 0.2) is 11.5 Å². The molecule has 6 nitrogen and oxygen atoms in total. The van der Waals surface area contributed by atoms with Crippen LogP contribution in [-0.4, -0.2) is 41.3 Å². The molecule has 1 aliphatic carbocycles. The van der Waals surface area contributed by atoms with Gasteiger partial charge in [0.05, 0.1) is 0 Å². The number of nitrogens with one attached hydrogen (secondary N) is 1. The first kappa shape index (κ1) is 14.1. The molecular formula is C17H19N3O3. The number of hydrogen-bond donors (Lipinski definition) is 1. The molecule has 2 aliphatic rings. The maximum Gasteiger partial charge on any atom is 0.274 e. The largest absolute Gasteiger partial charge is 0.486 e. The first-order chi connectivity index (χ1) is 11.2. The Morgan fingerprint density at radius 2 is 2.04 bits per heavy atom. The first-order valence-corrected chi connectivity index (χ1v) is 7.90. The lowest BCUT2D eigenvalue weighted by atomic mass is 10.1. The molecule has 1 aromatic carbocycles. The van der Waals surface area contributed by atoms with E-state index in [4.69, 9.17) is 9.47 Å². The Balaban J connectivity index is 1.45. The van der Waals surface area contributed by atoms with Crippen LogP contribution in [0.1, 0.15) is 40.5 Å². The van der Waals surface area contributed by atoms with E-state index in [-0.39, 0.29) is 5.91 Å². The number of nitrogens with zero attached hydrogens (tertiary/aromatic N) is 2. The third-order valence-electron chi connectivity index (χ3n) is 4.21. The Bertz CT molecular complexity index is 736. The van der Waals surface area contributed by atoms with Crippen LogP contribution < -0.4 is 9.47 Å². The summed E-state index contributed by atoms with van der Waals surface area (Å²) in [7, 11) is 1.78. The predicted octanol–water partition coefficient (Wildman–Crippen LogP) is 2.33. The van der Waals surface area contributed by atoms with Crippen LogP contribution >= 0.6 is 0 Å². The third kappa shape index (κ3) is 2.88. The van der Waals surface area contributed by atoms with Gasteiger partial charge >= 0.3 is 0 Å². The quantitative estimate of drug-likeness (QED) is 0.940. The average Bonchev–Trinajstić information content (AvgIpc) is 3.31. The summed E-state index contributed by atoms with van der Waals surface area (Å²) in [4.78, 5) is 14.1. The van der Waals surface area contributed by atoms with Crippen LogP contribution in [0.4, 0.5) is 0 Å². The number of benzene rings is 1. The van der Waals surface area contributed by atoms with E-state index < -0.39 is 0 Å². The zero-order valence-electron chi connectivity index (χ0n) is 13.0. The van der Waals surface area contributed by atoms with Crippen molar-refractivity contribution in [2.24, 2.45) is 0 Å². The van der Waals surface area contributed by atoms with E-state index in [1.165, 1.54) is 12.8 Å². The lowest BCUT2D eigenvalue weighted by Crippen LogP contribution is -2.26. The van der Waals surface area contributed by atoms with E-state index in [0.717, 1.165) is 22.8 Å². The van der Waals surface area contributed by atoms with Crippen LogP contribution in [-0.2, 0) is 6.54 Å². The Kier molecular flexibility index (Phi) is 3.44. The summed E-state index contributed by atoms with van der Waals surface area (Å²) >= 11 is 0. The van der Waals surface area contributed by atoms with Gasteiger partial charge in [-0.3, -0.25) is 9.89 Å². The minimum atomic E-state index is -0.0805. The van der Waals surface area contributed by atoms with Crippen LogP contribution in [0, 0.1) is 0 Å². The summed E-state index contributed by atoms with van der Waals surface area (Å²) in [6, 6.07) is 7.65. The lowest BCUT2D eigenvalue weighted by molar-refractivity contribution is 0.0779. The van der Waals surface area contributed by atoms with Crippen molar-refractivity contribution in [2.45, 2.75) is 25.3 Å². The fourth-order valence-electron chi connectivity index (χ4n) is 2.78. The van der Waals surface area contributed by atoms with E-state index in [9.17, 15) is 4.79 Å². The van der Waals surface area contributed by atoms with Gasteiger partial charge in [0.2, 0.25) is 0 Å². The summed E-state index contributed by atoms with van der Waals surface area (Å²) < 4.78 is 11.1. The second kappa shape index (κ2) is 5.61. The van der Waals surface area contributed by atoms with E-state index in [2.05, 4.69) is 10.2 Å². The number of fused-ring (bicyclic) bond motifs is 1. The number of aromatic nitrogens is 2. The maximum atomic E-state index is 12.5. The van der Waals surface area contributed by atoms with Gasteiger partial charge in [-0.25, -0.2) is 0 Å². The highest BCUT2D eigenvalue weighted by molar-refractivity contribution is 5.92. The molecular weight excluding hydrogens is 294 g/mol. The molecule has 0 bridgehead atoms. The molecule has 6 heteroatoms.